The lowest BCUT2D eigenvalue weighted by atomic mass is 10.2. The highest BCUT2D eigenvalue weighted by atomic mass is 35.5. The monoisotopic (exact) mass is 353 g/mol. The van der Waals surface area contributed by atoms with Crippen molar-refractivity contribution in [2.75, 3.05) is 0 Å². The molecule has 0 fully saturated rings. The normalized spacial score (nSPS) is 12.0. The van der Waals surface area contributed by atoms with Gasteiger partial charge in [-0.25, -0.2) is 9.97 Å². The number of aromatic nitrogens is 2. The van der Waals surface area contributed by atoms with E-state index in [4.69, 9.17) is 11.6 Å². The van der Waals surface area contributed by atoms with Crippen molar-refractivity contribution in [3.63, 3.8) is 0 Å². The second-order valence-corrected chi connectivity index (χ2v) is 5.17. The second-order valence-electron chi connectivity index (χ2n) is 4.79. The second kappa shape index (κ2) is 7.32. The molecule has 1 atom stereocenters. The van der Waals surface area contributed by atoms with Crippen molar-refractivity contribution in [2.24, 2.45) is 0 Å². The van der Waals surface area contributed by atoms with Gasteiger partial charge in [-0.3, -0.25) is 4.79 Å². The maximum atomic E-state index is 12.4. The summed E-state index contributed by atoms with van der Waals surface area (Å²) < 4.78 is 37.2. The van der Waals surface area contributed by atoms with Crippen LogP contribution in [0.4, 0.5) is 13.2 Å². The van der Waals surface area contributed by atoms with E-state index < -0.39 is 18.1 Å². The summed E-state index contributed by atoms with van der Waals surface area (Å²) in [6, 6.07) is 4.11. The van der Waals surface area contributed by atoms with E-state index in [0.29, 0.717) is 16.3 Å². The minimum Gasteiger partial charge on any atom is -0.339 e. The van der Waals surface area contributed by atoms with Gasteiger partial charge in [-0.05, 0) is 31.2 Å². The molecule has 0 bridgehead atoms. The zero-order valence-electron chi connectivity index (χ0n) is 12.4. The third kappa shape index (κ3) is 4.96. The first-order chi connectivity index (χ1) is 11.3. The standard InChI is InChI=1S/C16H11ClF3N3O/c1-10(16(18,19)20)23-15(24)13-5-4-12(9-22-13)3-2-11-6-7-21-14(17)8-11/h4-10H,1H3,(H,23,24)/t10-/m0/s1. The zero-order chi connectivity index (χ0) is 17.7. The van der Waals surface area contributed by atoms with Gasteiger partial charge in [0.25, 0.3) is 5.91 Å². The highest BCUT2D eigenvalue weighted by Gasteiger charge is 2.37. The van der Waals surface area contributed by atoms with Gasteiger partial charge in [0, 0.05) is 23.5 Å². The molecule has 1 N–H and O–H groups in total. The van der Waals surface area contributed by atoms with E-state index in [9.17, 15) is 18.0 Å². The Morgan fingerprint density at radius 1 is 1.21 bits per heavy atom. The van der Waals surface area contributed by atoms with Crippen LogP contribution in [0.15, 0.2) is 36.7 Å². The summed E-state index contributed by atoms with van der Waals surface area (Å²) in [4.78, 5) is 19.3. The van der Waals surface area contributed by atoms with Crippen molar-refractivity contribution < 1.29 is 18.0 Å². The summed E-state index contributed by atoms with van der Waals surface area (Å²) in [6.07, 6.45) is -1.68. The smallest absolute Gasteiger partial charge is 0.339 e. The van der Waals surface area contributed by atoms with E-state index in [0.717, 1.165) is 6.92 Å². The van der Waals surface area contributed by atoms with Gasteiger partial charge in [0.05, 0.1) is 0 Å². The van der Waals surface area contributed by atoms with Gasteiger partial charge in [0.2, 0.25) is 0 Å². The Labute approximate surface area is 141 Å². The van der Waals surface area contributed by atoms with Crippen LogP contribution in [0.25, 0.3) is 0 Å². The molecule has 8 heteroatoms. The largest absolute Gasteiger partial charge is 0.408 e. The SMILES string of the molecule is C[C@H](NC(=O)c1ccc(C#Cc2ccnc(Cl)c2)cn1)C(F)(F)F. The molecule has 124 valence electrons. The third-order valence-corrected chi connectivity index (χ3v) is 3.12. The molecule has 1 amide bonds. The molecule has 0 aliphatic carbocycles. The first kappa shape index (κ1) is 17.8. The summed E-state index contributed by atoms with van der Waals surface area (Å²) in [5.41, 5.74) is 1.03. The highest BCUT2D eigenvalue weighted by Crippen LogP contribution is 2.19. The van der Waals surface area contributed by atoms with Crippen molar-refractivity contribution in [1.29, 1.82) is 0 Å². The Balaban J connectivity index is 2.07. The fourth-order valence-electron chi connectivity index (χ4n) is 1.58. The molecule has 2 aromatic heterocycles. The lowest BCUT2D eigenvalue weighted by Crippen LogP contribution is -2.43. The highest BCUT2D eigenvalue weighted by molar-refractivity contribution is 6.29. The van der Waals surface area contributed by atoms with Crippen LogP contribution in [0.1, 0.15) is 28.5 Å². The number of alkyl halides is 3. The molecule has 0 unspecified atom stereocenters. The van der Waals surface area contributed by atoms with Gasteiger partial charge in [-0.15, -0.1) is 0 Å². The predicted octanol–water partition coefficient (Wildman–Crippen LogP) is 3.21. The maximum Gasteiger partial charge on any atom is 0.408 e. The lowest BCUT2D eigenvalue weighted by molar-refractivity contribution is -0.149. The average Bonchev–Trinajstić information content (AvgIpc) is 2.52. The number of rotatable bonds is 2. The number of nitrogens with one attached hydrogen (secondary N) is 1. The van der Waals surface area contributed by atoms with Crippen molar-refractivity contribution >= 4 is 17.5 Å². The summed E-state index contributed by atoms with van der Waals surface area (Å²) in [5, 5.41) is 2.15. The van der Waals surface area contributed by atoms with Gasteiger partial charge in [0.1, 0.15) is 16.9 Å². The molecule has 0 aromatic carbocycles. The van der Waals surface area contributed by atoms with Crippen LogP contribution in [-0.2, 0) is 0 Å². The van der Waals surface area contributed by atoms with Gasteiger partial charge in [0.15, 0.2) is 0 Å². The molecule has 0 aliphatic rings. The van der Waals surface area contributed by atoms with Gasteiger partial charge in [-0.1, -0.05) is 23.4 Å². The molecular formula is C16H11ClF3N3O. The minimum absolute atomic E-state index is 0.122. The molecule has 4 nitrogen and oxygen atoms in total. The van der Waals surface area contributed by atoms with Crippen LogP contribution >= 0.6 is 11.6 Å². The molecule has 24 heavy (non-hydrogen) atoms. The Morgan fingerprint density at radius 3 is 2.50 bits per heavy atom. The van der Waals surface area contributed by atoms with E-state index >= 15 is 0 Å². The van der Waals surface area contributed by atoms with Gasteiger partial charge in [-0.2, -0.15) is 13.2 Å². The fraction of sp³-hybridized carbons (Fsp3) is 0.188. The molecule has 2 rings (SSSR count). The zero-order valence-corrected chi connectivity index (χ0v) is 13.1. The molecular weight excluding hydrogens is 343 g/mol. The quantitative estimate of drug-likeness (QED) is 0.666. The Bertz CT molecular complexity index is 795. The number of hydrogen-bond acceptors (Lipinski definition) is 3. The molecule has 0 saturated carbocycles. The van der Waals surface area contributed by atoms with E-state index in [1.165, 1.54) is 24.5 Å². The van der Waals surface area contributed by atoms with Crippen molar-refractivity contribution in [3.05, 3.63) is 58.6 Å². The first-order valence-electron chi connectivity index (χ1n) is 6.73. The molecule has 0 aliphatic heterocycles. The fourth-order valence-corrected chi connectivity index (χ4v) is 1.75. The maximum absolute atomic E-state index is 12.4. The van der Waals surface area contributed by atoms with Crippen molar-refractivity contribution in [2.45, 2.75) is 19.1 Å². The van der Waals surface area contributed by atoms with Crippen LogP contribution in [-0.4, -0.2) is 28.1 Å². The number of pyridine rings is 2. The molecule has 2 aromatic rings. The van der Waals surface area contributed by atoms with E-state index in [-0.39, 0.29) is 5.69 Å². The van der Waals surface area contributed by atoms with Gasteiger partial charge >= 0.3 is 6.18 Å². The summed E-state index contributed by atoms with van der Waals surface area (Å²) >= 11 is 5.74. The summed E-state index contributed by atoms with van der Waals surface area (Å²) in [7, 11) is 0. The molecule has 0 radical (unpaired) electrons. The first-order valence-corrected chi connectivity index (χ1v) is 7.11. The molecule has 0 saturated heterocycles. The topological polar surface area (TPSA) is 54.9 Å². The predicted molar refractivity (Wildman–Crippen MR) is 82.4 cm³/mol. The Kier molecular flexibility index (Phi) is 5.42. The average molecular weight is 354 g/mol. The number of hydrogen-bond donors (Lipinski definition) is 1. The molecule has 0 spiro atoms. The Hall–Kier alpha value is -2.59. The van der Waals surface area contributed by atoms with Crippen LogP contribution < -0.4 is 5.32 Å². The van der Waals surface area contributed by atoms with Crippen LogP contribution in [0.2, 0.25) is 5.15 Å². The van der Waals surface area contributed by atoms with Crippen molar-refractivity contribution in [1.82, 2.24) is 15.3 Å². The van der Waals surface area contributed by atoms with Crippen molar-refractivity contribution in [3.8, 4) is 11.8 Å². The number of nitrogens with zero attached hydrogens (tertiary/aromatic N) is 2. The number of amides is 1. The van der Waals surface area contributed by atoms with E-state index in [1.54, 1.807) is 12.1 Å². The Morgan fingerprint density at radius 2 is 1.92 bits per heavy atom. The van der Waals surface area contributed by atoms with E-state index in [2.05, 4.69) is 21.8 Å². The summed E-state index contributed by atoms with van der Waals surface area (Å²) in [6.45, 7) is 0.859. The third-order valence-electron chi connectivity index (χ3n) is 2.91. The molecule has 2 heterocycles. The van der Waals surface area contributed by atoms with Gasteiger partial charge < -0.3 is 5.32 Å². The van der Waals surface area contributed by atoms with Crippen LogP contribution in [0.3, 0.4) is 0 Å². The van der Waals surface area contributed by atoms with Crippen LogP contribution in [0.5, 0.6) is 0 Å². The minimum atomic E-state index is -4.51. The number of halogens is 4. The van der Waals surface area contributed by atoms with Crippen LogP contribution in [0, 0.1) is 11.8 Å². The summed E-state index contributed by atoms with van der Waals surface area (Å²) in [5.74, 6) is 4.74. The van der Waals surface area contributed by atoms with E-state index in [1.807, 2.05) is 5.32 Å². The number of carbonyl (C=O) groups excluding carboxylic acids is 1. The lowest BCUT2D eigenvalue weighted by Gasteiger charge is -2.16. The number of carbonyl (C=O) groups is 1.